The number of carbonyl (C=O) groups excluding carboxylic acids is 2. The molecule has 0 aromatic rings. The average molecular weight is 253 g/mol. The molecule has 0 bridgehead atoms. The molecule has 0 aromatic carbocycles. The molecule has 2 fully saturated rings. The van der Waals surface area contributed by atoms with E-state index in [0.717, 1.165) is 38.9 Å². The summed E-state index contributed by atoms with van der Waals surface area (Å²) in [5, 5.41) is 0. The second-order valence-corrected chi connectivity index (χ2v) is 5.63. The van der Waals surface area contributed by atoms with Gasteiger partial charge in [-0.25, -0.2) is 0 Å². The molecule has 0 radical (unpaired) electrons. The van der Waals surface area contributed by atoms with Crippen LogP contribution in [-0.2, 0) is 9.59 Å². The van der Waals surface area contributed by atoms with E-state index in [1.54, 1.807) is 13.8 Å². The highest BCUT2D eigenvalue weighted by Gasteiger charge is 2.35. The maximum absolute atomic E-state index is 11.8. The molecule has 2 N–H and O–H groups in total. The van der Waals surface area contributed by atoms with E-state index in [0.29, 0.717) is 12.0 Å². The lowest BCUT2D eigenvalue weighted by Crippen LogP contribution is -2.42. The number of nitrogens with zero attached hydrogens (tertiary/aromatic N) is 2. The Hall–Kier alpha value is -1.10. The molecule has 1 heterocycles. The molecule has 1 saturated heterocycles. The third-order valence-electron chi connectivity index (χ3n) is 3.83. The first kappa shape index (κ1) is 13.3. The van der Waals surface area contributed by atoms with Crippen molar-refractivity contribution in [3.63, 3.8) is 0 Å². The van der Waals surface area contributed by atoms with E-state index < -0.39 is 6.04 Å². The van der Waals surface area contributed by atoms with E-state index >= 15 is 0 Å². The second-order valence-electron chi connectivity index (χ2n) is 5.63. The smallest absolute Gasteiger partial charge is 0.239 e. The highest BCUT2D eigenvalue weighted by Crippen LogP contribution is 2.29. The van der Waals surface area contributed by atoms with Crippen LogP contribution in [-0.4, -0.2) is 53.3 Å². The van der Waals surface area contributed by atoms with Crippen LogP contribution < -0.4 is 5.73 Å². The molecule has 0 spiro atoms. The number of hydrogen-bond acceptors (Lipinski definition) is 3. The van der Waals surface area contributed by atoms with Gasteiger partial charge >= 0.3 is 0 Å². The molecule has 1 aliphatic heterocycles. The Bertz CT molecular complexity index is 339. The molecule has 0 aromatic heterocycles. The van der Waals surface area contributed by atoms with E-state index in [4.69, 9.17) is 5.73 Å². The first-order chi connectivity index (χ1) is 8.49. The van der Waals surface area contributed by atoms with Crippen molar-refractivity contribution in [1.82, 2.24) is 9.80 Å². The SMILES string of the molecule is CC(=O)N(CC1CCN(C(=O)C(C)N)C1)C1CC1. The van der Waals surface area contributed by atoms with Crippen LogP contribution in [0.3, 0.4) is 0 Å². The zero-order valence-corrected chi connectivity index (χ0v) is 11.3. The van der Waals surface area contributed by atoms with Crippen LogP contribution in [0.4, 0.5) is 0 Å². The van der Waals surface area contributed by atoms with Gasteiger partial charge in [0.2, 0.25) is 11.8 Å². The molecule has 2 aliphatic rings. The van der Waals surface area contributed by atoms with Gasteiger partial charge < -0.3 is 15.5 Å². The van der Waals surface area contributed by atoms with Crippen molar-refractivity contribution in [2.75, 3.05) is 19.6 Å². The second kappa shape index (κ2) is 5.26. The normalized spacial score (nSPS) is 25.1. The Morgan fingerprint density at radius 1 is 1.39 bits per heavy atom. The summed E-state index contributed by atoms with van der Waals surface area (Å²) in [6.45, 7) is 5.68. The minimum absolute atomic E-state index is 0.0262. The predicted octanol–water partition coefficient (Wildman–Crippen LogP) is 0.193. The van der Waals surface area contributed by atoms with Gasteiger partial charge in [-0.1, -0.05) is 0 Å². The van der Waals surface area contributed by atoms with Gasteiger partial charge in [0.1, 0.15) is 0 Å². The van der Waals surface area contributed by atoms with Gasteiger partial charge in [-0.3, -0.25) is 9.59 Å². The Morgan fingerprint density at radius 3 is 2.56 bits per heavy atom. The standard InChI is InChI=1S/C13H23N3O2/c1-9(14)13(18)15-6-5-11(7-15)8-16(10(2)17)12-3-4-12/h9,11-12H,3-8,14H2,1-2H3. The molecule has 2 rings (SSSR count). The van der Waals surface area contributed by atoms with Crippen molar-refractivity contribution in [2.45, 2.75) is 45.2 Å². The van der Waals surface area contributed by atoms with Crippen molar-refractivity contribution in [3.05, 3.63) is 0 Å². The number of carbonyl (C=O) groups is 2. The zero-order valence-electron chi connectivity index (χ0n) is 11.3. The fraction of sp³-hybridized carbons (Fsp3) is 0.846. The van der Waals surface area contributed by atoms with E-state index in [1.165, 1.54) is 0 Å². The number of hydrogen-bond donors (Lipinski definition) is 1. The Labute approximate surface area is 108 Å². The fourth-order valence-electron chi connectivity index (χ4n) is 2.67. The summed E-state index contributed by atoms with van der Waals surface area (Å²) < 4.78 is 0. The summed E-state index contributed by atoms with van der Waals surface area (Å²) in [6, 6.07) is 0.0387. The lowest BCUT2D eigenvalue weighted by atomic mass is 10.1. The van der Waals surface area contributed by atoms with Crippen molar-refractivity contribution < 1.29 is 9.59 Å². The summed E-state index contributed by atoms with van der Waals surface area (Å²) in [7, 11) is 0. The molecule has 18 heavy (non-hydrogen) atoms. The van der Waals surface area contributed by atoms with Crippen molar-refractivity contribution >= 4 is 11.8 Å². The summed E-state index contributed by atoms with van der Waals surface area (Å²) >= 11 is 0. The monoisotopic (exact) mass is 253 g/mol. The predicted molar refractivity (Wildman–Crippen MR) is 68.7 cm³/mol. The van der Waals surface area contributed by atoms with Crippen LogP contribution in [0.1, 0.15) is 33.1 Å². The number of amides is 2. The van der Waals surface area contributed by atoms with Crippen LogP contribution in [0, 0.1) is 5.92 Å². The summed E-state index contributed by atoms with van der Waals surface area (Å²) in [5.74, 6) is 0.602. The van der Waals surface area contributed by atoms with Gasteiger partial charge in [0, 0.05) is 32.6 Å². The van der Waals surface area contributed by atoms with E-state index in [1.807, 2.05) is 9.80 Å². The Balaban J connectivity index is 1.85. The lowest BCUT2D eigenvalue weighted by molar-refractivity contribution is -0.131. The van der Waals surface area contributed by atoms with Gasteiger partial charge in [0.15, 0.2) is 0 Å². The van der Waals surface area contributed by atoms with Crippen LogP contribution in [0.5, 0.6) is 0 Å². The molecule has 102 valence electrons. The van der Waals surface area contributed by atoms with Gasteiger partial charge in [0.05, 0.1) is 6.04 Å². The first-order valence-corrected chi connectivity index (χ1v) is 6.80. The number of likely N-dealkylation sites (tertiary alicyclic amines) is 1. The molecule has 5 heteroatoms. The minimum Gasteiger partial charge on any atom is -0.341 e. The van der Waals surface area contributed by atoms with Gasteiger partial charge in [-0.2, -0.15) is 0 Å². The van der Waals surface area contributed by atoms with Crippen LogP contribution in [0.2, 0.25) is 0 Å². The molecule has 2 amide bonds. The molecule has 2 unspecified atom stereocenters. The quantitative estimate of drug-likeness (QED) is 0.778. The molecule has 1 aliphatic carbocycles. The number of nitrogens with two attached hydrogens (primary N) is 1. The topological polar surface area (TPSA) is 66.6 Å². The van der Waals surface area contributed by atoms with E-state index in [9.17, 15) is 9.59 Å². The van der Waals surface area contributed by atoms with Crippen molar-refractivity contribution in [2.24, 2.45) is 11.7 Å². The average Bonchev–Trinajstić information content (AvgIpc) is 3.03. The minimum atomic E-state index is -0.420. The van der Waals surface area contributed by atoms with E-state index in [2.05, 4.69) is 0 Å². The third-order valence-corrected chi connectivity index (χ3v) is 3.83. The molecular formula is C13H23N3O2. The largest absolute Gasteiger partial charge is 0.341 e. The molecular weight excluding hydrogens is 230 g/mol. The summed E-state index contributed by atoms with van der Waals surface area (Å²) in [4.78, 5) is 27.1. The van der Waals surface area contributed by atoms with Crippen molar-refractivity contribution in [1.29, 1.82) is 0 Å². The first-order valence-electron chi connectivity index (χ1n) is 6.80. The van der Waals surface area contributed by atoms with Gasteiger partial charge in [0.25, 0.3) is 0 Å². The van der Waals surface area contributed by atoms with Gasteiger partial charge in [-0.05, 0) is 32.1 Å². The van der Waals surface area contributed by atoms with Crippen LogP contribution in [0.25, 0.3) is 0 Å². The number of rotatable bonds is 4. The molecule has 2 atom stereocenters. The van der Waals surface area contributed by atoms with Crippen LogP contribution >= 0.6 is 0 Å². The third kappa shape index (κ3) is 3.02. The highest BCUT2D eigenvalue weighted by atomic mass is 16.2. The lowest BCUT2D eigenvalue weighted by Gasteiger charge is -2.25. The highest BCUT2D eigenvalue weighted by molar-refractivity contribution is 5.81. The Kier molecular flexibility index (Phi) is 3.90. The van der Waals surface area contributed by atoms with Crippen LogP contribution in [0.15, 0.2) is 0 Å². The fourth-order valence-corrected chi connectivity index (χ4v) is 2.67. The van der Waals surface area contributed by atoms with E-state index in [-0.39, 0.29) is 11.8 Å². The summed E-state index contributed by atoms with van der Waals surface area (Å²) in [6.07, 6.45) is 3.25. The van der Waals surface area contributed by atoms with Gasteiger partial charge in [-0.15, -0.1) is 0 Å². The van der Waals surface area contributed by atoms with Crippen molar-refractivity contribution in [3.8, 4) is 0 Å². The molecule has 1 saturated carbocycles. The maximum Gasteiger partial charge on any atom is 0.239 e. The summed E-state index contributed by atoms with van der Waals surface area (Å²) in [5.41, 5.74) is 5.61. The molecule has 5 nitrogen and oxygen atoms in total. The Morgan fingerprint density at radius 2 is 2.06 bits per heavy atom. The maximum atomic E-state index is 11.8. The zero-order chi connectivity index (χ0) is 13.3.